The molecule has 3 nitrogen and oxygen atoms in total. The lowest BCUT2D eigenvalue weighted by Gasteiger charge is -2.34. The number of fused-ring (bicyclic) bond motifs is 4. The van der Waals surface area contributed by atoms with Crippen LogP contribution >= 0.6 is 0 Å². The summed E-state index contributed by atoms with van der Waals surface area (Å²) in [7, 11) is 0. The van der Waals surface area contributed by atoms with Crippen molar-refractivity contribution in [3.05, 3.63) is 120 Å². The van der Waals surface area contributed by atoms with Crippen molar-refractivity contribution in [2.24, 2.45) is 0 Å². The van der Waals surface area contributed by atoms with Crippen LogP contribution in [0.3, 0.4) is 0 Å². The van der Waals surface area contributed by atoms with E-state index in [2.05, 4.69) is 118 Å². The van der Waals surface area contributed by atoms with Gasteiger partial charge < -0.3 is 14.4 Å². The maximum absolute atomic E-state index is 6.60. The molecule has 0 amide bonds. The molecule has 0 fully saturated rings. The quantitative estimate of drug-likeness (QED) is 0.214. The van der Waals surface area contributed by atoms with Crippen molar-refractivity contribution in [2.75, 3.05) is 4.90 Å². The van der Waals surface area contributed by atoms with E-state index in [-0.39, 0.29) is 6.71 Å². The van der Waals surface area contributed by atoms with E-state index in [1.54, 1.807) is 0 Å². The maximum atomic E-state index is 6.60. The summed E-state index contributed by atoms with van der Waals surface area (Å²) >= 11 is 0. The number of hydrogen-bond donors (Lipinski definition) is 0. The van der Waals surface area contributed by atoms with Gasteiger partial charge in [0.15, 0.2) is 0 Å². The molecule has 7 rings (SSSR count). The van der Waals surface area contributed by atoms with Crippen LogP contribution in [0, 0.1) is 0 Å². The standard InChI is InChI=1S/C36H32BNO2/c1-23(2)25-12-16-27(17-13-25)38(28-18-14-26(15-19-28)24(3)4)29-20-21-31-35(22-29)40-34-11-7-10-33-36(34)37(31)30-8-5-6-9-32(30)39-33/h5-24H,1-4H3. The summed E-state index contributed by atoms with van der Waals surface area (Å²) in [6, 6.07) is 38.9. The van der Waals surface area contributed by atoms with Gasteiger partial charge in [-0.3, -0.25) is 0 Å². The predicted molar refractivity (Wildman–Crippen MR) is 167 cm³/mol. The molecular formula is C36H32BNO2. The summed E-state index contributed by atoms with van der Waals surface area (Å²) in [6.07, 6.45) is 0. The summed E-state index contributed by atoms with van der Waals surface area (Å²) in [5.41, 5.74) is 9.40. The Bertz CT molecular complexity index is 1660. The van der Waals surface area contributed by atoms with E-state index in [1.165, 1.54) is 16.6 Å². The van der Waals surface area contributed by atoms with Crippen molar-refractivity contribution in [1.82, 2.24) is 0 Å². The lowest BCUT2D eigenvalue weighted by molar-refractivity contribution is 0.464. The van der Waals surface area contributed by atoms with Crippen LogP contribution in [-0.4, -0.2) is 6.71 Å². The van der Waals surface area contributed by atoms with Crippen molar-refractivity contribution in [2.45, 2.75) is 39.5 Å². The number of nitrogens with zero attached hydrogens (tertiary/aromatic N) is 1. The summed E-state index contributed by atoms with van der Waals surface area (Å²) in [6.45, 7) is 9.00. The van der Waals surface area contributed by atoms with Gasteiger partial charge in [0.1, 0.15) is 23.0 Å². The molecule has 2 aliphatic rings. The van der Waals surface area contributed by atoms with Crippen molar-refractivity contribution in [1.29, 1.82) is 0 Å². The van der Waals surface area contributed by atoms with Crippen LogP contribution in [0.25, 0.3) is 0 Å². The monoisotopic (exact) mass is 521 g/mol. The van der Waals surface area contributed by atoms with Crippen molar-refractivity contribution < 1.29 is 9.47 Å². The van der Waals surface area contributed by atoms with Gasteiger partial charge in [0, 0.05) is 28.6 Å². The fourth-order valence-corrected chi connectivity index (χ4v) is 5.97. The second-order valence-electron chi connectivity index (χ2n) is 11.4. The zero-order chi connectivity index (χ0) is 27.4. The van der Waals surface area contributed by atoms with Gasteiger partial charge in [-0.1, -0.05) is 82.3 Å². The molecule has 0 bridgehead atoms. The van der Waals surface area contributed by atoms with Crippen LogP contribution in [0.1, 0.15) is 50.7 Å². The molecule has 2 heterocycles. The molecule has 0 atom stereocenters. The Morgan fingerprint density at radius 2 is 1.00 bits per heavy atom. The van der Waals surface area contributed by atoms with E-state index >= 15 is 0 Å². The summed E-state index contributed by atoms with van der Waals surface area (Å²) in [4.78, 5) is 2.32. The Kier molecular flexibility index (Phi) is 5.93. The number of benzene rings is 5. The molecule has 4 heteroatoms. The Hall–Kier alpha value is -4.44. The van der Waals surface area contributed by atoms with E-state index in [0.29, 0.717) is 11.8 Å². The van der Waals surface area contributed by atoms with Gasteiger partial charge in [-0.05, 0) is 82.4 Å². The van der Waals surface area contributed by atoms with Gasteiger partial charge in [0.25, 0.3) is 6.71 Å². The molecule has 40 heavy (non-hydrogen) atoms. The molecule has 196 valence electrons. The Morgan fingerprint density at radius 3 is 1.60 bits per heavy atom. The third-order valence-electron chi connectivity index (χ3n) is 8.19. The Balaban J connectivity index is 1.36. The second-order valence-corrected chi connectivity index (χ2v) is 11.4. The highest BCUT2D eigenvalue weighted by Crippen LogP contribution is 2.40. The first-order chi connectivity index (χ1) is 19.5. The molecular weight excluding hydrogens is 489 g/mol. The molecule has 0 saturated heterocycles. The average molecular weight is 521 g/mol. The summed E-state index contributed by atoms with van der Waals surface area (Å²) in [5.74, 6) is 4.48. The first-order valence-electron chi connectivity index (χ1n) is 14.2. The molecule has 0 aliphatic carbocycles. The SMILES string of the molecule is CC(C)c1ccc(N(c2ccc(C(C)C)cc2)c2ccc3c(c2)Oc2cccc4c2B3c2ccccc2O4)cc1. The van der Waals surface area contributed by atoms with E-state index in [1.807, 2.05) is 24.3 Å². The highest BCUT2D eigenvalue weighted by Gasteiger charge is 2.40. The summed E-state index contributed by atoms with van der Waals surface area (Å²) in [5, 5.41) is 0. The summed E-state index contributed by atoms with van der Waals surface area (Å²) < 4.78 is 12.9. The zero-order valence-electron chi connectivity index (χ0n) is 23.4. The van der Waals surface area contributed by atoms with E-state index in [9.17, 15) is 0 Å². The largest absolute Gasteiger partial charge is 0.458 e. The topological polar surface area (TPSA) is 21.7 Å². The number of anilines is 3. The molecule has 0 radical (unpaired) electrons. The number of rotatable bonds is 5. The van der Waals surface area contributed by atoms with Gasteiger partial charge in [0.05, 0.1) is 0 Å². The molecule has 0 spiro atoms. The molecule has 0 saturated carbocycles. The number of ether oxygens (including phenoxy) is 2. The van der Waals surface area contributed by atoms with Crippen LogP contribution in [0.4, 0.5) is 17.1 Å². The van der Waals surface area contributed by atoms with Gasteiger partial charge in [-0.15, -0.1) is 0 Å². The van der Waals surface area contributed by atoms with Crippen molar-refractivity contribution in [3.63, 3.8) is 0 Å². The van der Waals surface area contributed by atoms with Crippen LogP contribution in [0.2, 0.25) is 0 Å². The van der Waals surface area contributed by atoms with Crippen molar-refractivity contribution >= 4 is 40.2 Å². The Morgan fingerprint density at radius 1 is 0.500 bits per heavy atom. The molecule has 0 aromatic heterocycles. The third-order valence-corrected chi connectivity index (χ3v) is 8.19. The molecule has 0 N–H and O–H groups in total. The van der Waals surface area contributed by atoms with E-state index < -0.39 is 0 Å². The predicted octanol–water partition coefficient (Wildman–Crippen LogP) is 8.13. The highest BCUT2D eigenvalue weighted by molar-refractivity contribution is 6.98. The lowest BCUT2D eigenvalue weighted by atomic mass is 9.35. The zero-order valence-corrected chi connectivity index (χ0v) is 23.4. The first-order valence-corrected chi connectivity index (χ1v) is 14.2. The lowest BCUT2D eigenvalue weighted by Crippen LogP contribution is -2.57. The first kappa shape index (κ1) is 24.6. The normalized spacial score (nSPS) is 12.8. The van der Waals surface area contributed by atoms with Gasteiger partial charge in [0.2, 0.25) is 0 Å². The highest BCUT2D eigenvalue weighted by atomic mass is 16.5. The van der Waals surface area contributed by atoms with Crippen LogP contribution in [0.15, 0.2) is 109 Å². The van der Waals surface area contributed by atoms with Crippen LogP contribution in [-0.2, 0) is 0 Å². The second kappa shape index (κ2) is 9.64. The van der Waals surface area contributed by atoms with Gasteiger partial charge >= 0.3 is 0 Å². The molecule has 5 aromatic carbocycles. The van der Waals surface area contributed by atoms with Crippen LogP contribution < -0.4 is 30.8 Å². The molecule has 2 aliphatic heterocycles. The fraction of sp³-hybridized carbons (Fsp3) is 0.167. The number of hydrogen-bond acceptors (Lipinski definition) is 3. The number of para-hydroxylation sites is 1. The maximum Gasteiger partial charge on any atom is 0.260 e. The minimum atomic E-state index is 0.0676. The average Bonchev–Trinajstić information content (AvgIpc) is 2.97. The van der Waals surface area contributed by atoms with Crippen molar-refractivity contribution in [3.8, 4) is 23.0 Å². The fourth-order valence-electron chi connectivity index (χ4n) is 5.97. The minimum absolute atomic E-state index is 0.0676. The Labute approximate surface area is 237 Å². The van der Waals surface area contributed by atoms with E-state index in [4.69, 9.17) is 9.47 Å². The van der Waals surface area contributed by atoms with E-state index in [0.717, 1.165) is 51.0 Å². The third kappa shape index (κ3) is 4.07. The van der Waals surface area contributed by atoms with Gasteiger partial charge in [-0.25, -0.2) is 0 Å². The molecule has 5 aromatic rings. The minimum Gasteiger partial charge on any atom is -0.458 e. The molecule has 0 unspecified atom stereocenters. The smallest absolute Gasteiger partial charge is 0.260 e. The van der Waals surface area contributed by atoms with Crippen LogP contribution in [0.5, 0.6) is 23.0 Å². The van der Waals surface area contributed by atoms with Gasteiger partial charge in [-0.2, -0.15) is 0 Å².